The van der Waals surface area contributed by atoms with Crippen molar-refractivity contribution in [3.05, 3.63) is 28.1 Å². The molecule has 8 nitrogen and oxygen atoms in total. The third-order valence-electron chi connectivity index (χ3n) is 2.12. The summed E-state index contributed by atoms with van der Waals surface area (Å²) in [4.78, 5) is 13.9. The number of rotatable bonds is 5. The molecular weight excluding hydrogens is 240 g/mol. The Morgan fingerprint density at radius 2 is 2.28 bits per heavy atom. The van der Waals surface area contributed by atoms with Crippen LogP contribution in [0, 0.1) is 10.1 Å². The lowest BCUT2D eigenvalue weighted by atomic mass is 10.4. The fourth-order valence-electron chi connectivity index (χ4n) is 1.26. The average Bonchev–Trinajstić information content (AvgIpc) is 2.95. The number of aromatic nitrogens is 2. The first-order chi connectivity index (χ1) is 8.56. The molecule has 2 rings (SSSR count). The first-order valence-electron chi connectivity index (χ1n) is 5.37. The maximum Gasteiger partial charge on any atom is 0.433 e. The van der Waals surface area contributed by atoms with Crippen LogP contribution in [0.1, 0.15) is 19.7 Å². The molecule has 2 aromatic rings. The fraction of sp³-hybridized carbons (Fsp3) is 0.400. The quantitative estimate of drug-likeness (QED) is 0.637. The molecule has 0 aliphatic heterocycles. The second-order valence-corrected chi connectivity index (χ2v) is 3.95. The van der Waals surface area contributed by atoms with Crippen LogP contribution < -0.4 is 5.32 Å². The van der Waals surface area contributed by atoms with Crippen LogP contribution >= 0.6 is 0 Å². The van der Waals surface area contributed by atoms with Crippen molar-refractivity contribution >= 4 is 5.88 Å². The predicted octanol–water partition coefficient (Wildman–Crippen LogP) is 1.74. The van der Waals surface area contributed by atoms with Crippen molar-refractivity contribution in [1.82, 2.24) is 15.5 Å². The van der Waals surface area contributed by atoms with Gasteiger partial charge in [0.05, 0.1) is 12.6 Å². The van der Waals surface area contributed by atoms with Gasteiger partial charge in [0.15, 0.2) is 11.6 Å². The molecule has 8 heteroatoms. The Hall–Kier alpha value is -2.22. The topological polar surface area (TPSA) is 107 Å². The molecule has 0 fully saturated rings. The third-order valence-corrected chi connectivity index (χ3v) is 2.12. The molecule has 96 valence electrons. The molecule has 0 atom stereocenters. The molecule has 2 heterocycles. The zero-order valence-electron chi connectivity index (χ0n) is 9.91. The van der Waals surface area contributed by atoms with Gasteiger partial charge >= 0.3 is 5.88 Å². The Bertz CT molecular complexity index is 546. The van der Waals surface area contributed by atoms with Gasteiger partial charge in [-0.2, -0.15) is 4.98 Å². The number of nitrogens with zero attached hydrogens (tertiary/aromatic N) is 3. The highest BCUT2D eigenvalue weighted by Crippen LogP contribution is 2.24. The summed E-state index contributed by atoms with van der Waals surface area (Å²) in [5.41, 5.74) is 0. The Kier molecular flexibility index (Phi) is 3.38. The van der Waals surface area contributed by atoms with Crippen LogP contribution in [-0.4, -0.2) is 21.1 Å². The van der Waals surface area contributed by atoms with Gasteiger partial charge in [0.25, 0.3) is 5.89 Å². The summed E-state index contributed by atoms with van der Waals surface area (Å²) in [7, 11) is 0. The van der Waals surface area contributed by atoms with Crippen molar-refractivity contribution in [2.24, 2.45) is 0 Å². The van der Waals surface area contributed by atoms with Crippen LogP contribution in [-0.2, 0) is 6.54 Å². The summed E-state index contributed by atoms with van der Waals surface area (Å²) in [5, 5.41) is 17.3. The first kappa shape index (κ1) is 12.2. The summed E-state index contributed by atoms with van der Waals surface area (Å²) >= 11 is 0. The molecule has 2 aromatic heterocycles. The zero-order chi connectivity index (χ0) is 13.1. The van der Waals surface area contributed by atoms with Crippen molar-refractivity contribution in [1.29, 1.82) is 0 Å². The van der Waals surface area contributed by atoms with E-state index in [-0.39, 0.29) is 17.5 Å². The van der Waals surface area contributed by atoms with Crippen molar-refractivity contribution in [2.45, 2.75) is 26.4 Å². The van der Waals surface area contributed by atoms with E-state index in [1.54, 1.807) is 0 Å². The SMILES string of the molecule is CC(C)NCc1noc(-c2ccc([N+](=O)[O-])o2)n1. The van der Waals surface area contributed by atoms with E-state index in [9.17, 15) is 10.1 Å². The van der Waals surface area contributed by atoms with E-state index in [1.807, 2.05) is 13.8 Å². The van der Waals surface area contributed by atoms with Crippen molar-refractivity contribution in [3.63, 3.8) is 0 Å². The van der Waals surface area contributed by atoms with Crippen LogP contribution in [0.25, 0.3) is 11.7 Å². The molecule has 1 N–H and O–H groups in total. The van der Waals surface area contributed by atoms with Gasteiger partial charge in [0.1, 0.15) is 4.92 Å². The highest BCUT2D eigenvalue weighted by atomic mass is 16.6. The molecule has 0 saturated heterocycles. The van der Waals surface area contributed by atoms with Gasteiger partial charge in [-0.15, -0.1) is 0 Å². The Morgan fingerprint density at radius 1 is 1.50 bits per heavy atom. The van der Waals surface area contributed by atoms with E-state index in [1.165, 1.54) is 12.1 Å². The summed E-state index contributed by atoms with van der Waals surface area (Å²) in [6.07, 6.45) is 0. The smallest absolute Gasteiger partial charge is 0.395 e. The van der Waals surface area contributed by atoms with E-state index in [4.69, 9.17) is 8.94 Å². The molecule has 0 spiro atoms. The number of hydrogen-bond donors (Lipinski definition) is 1. The molecule has 0 aliphatic rings. The van der Waals surface area contributed by atoms with E-state index in [2.05, 4.69) is 15.5 Å². The monoisotopic (exact) mass is 252 g/mol. The lowest BCUT2D eigenvalue weighted by Crippen LogP contribution is -2.22. The van der Waals surface area contributed by atoms with Gasteiger partial charge < -0.3 is 14.3 Å². The van der Waals surface area contributed by atoms with Gasteiger partial charge in [0, 0.05) is 6.04 Å². The van der Waals surface area contributed by atoms with Crippen LogP contribution in [0.3, 0.4) is 0 Å². The average molecular weight is 252 g/mol. The largest absolute Gasteiger partial charge is 0.433 e. The Balaban J connectivity index is 2.11. The Morgan fingerprint density at radius 3 is 2.89 bits per heavy atom. The highest BCUT2D eigenvalue weighted by Gasteiger charge is 2.17. The van der Waals surface area contributed by atoms with Crippen molar-refractivity contribution < 1.29 is 13.9 Å². The van der Waals surface area contributed by atoms with Crippen LogP contribution in [0.2, 0.25) is 0 Å². The predicted molar refractivity (Wildman–Crippen MR) is 60.6 cm³/mol. The van der Waals surface area contributed by atoms with Crippen LogP contribution in [0.5, 0.6) is 0 Å². The molecule has 0 saturated carbocycles. The lowest BCUT2D eigenvalue weighted by molar-refractivity contribution is -0.401. The van der Waals surface area contributed by atoms with E-state index in [0.717, 1.165) is 0 Å². The van der Waals surface area contributed by atoms with Gasteiger partial charge in [-0.05, 0) is 6.07 Å². The van der Waals surface area contributed by atoms with Gasteiger partial charge in [-0.25, -0.2) is 0 Å². The van der Waals surface area contributed by atoms with Crippen molar-refractivity contribution in [2.75, 3.05) is 0 Å². The number of hydrogen-bond acceptors (Lipinski definition) is 7. The molecule has 0 radical (unpaired) electrons. The molecule has 0 aliphatic carbocycles. The van der Waals surface area contributed by atoms with Crippen LogP contribution in [0.4, 0.5) is 5.88 Å². The Labute approximate surface area is 102 Å². The molecule has 18 heavy (non-hydrogen) atoms. The van der Waals surface area contributed by atoms with Gasteiger partial charge in [-0.3, -0.25) is 10.1 Å². The summed E-state index contributed by atoms with van der Waals surface area (Å²) in [6, 6.07) is 2.97. The normalized spacial score (nSPS) is 11.1. The molecule has 0 aromatic carbocycles. The van der Waals surface area contributed by atoms with Crippen molar-refractivity contribution in [3.8, 4) is 11.7 Å². The number of nitrogens with one attached hydrogen (secondary N) is 1. The summed E-state index contributed by atoms with van der Waals surface area (Å²) in [6.45, 7) is 4.46. The number of furan rings is 1. The second-order valence-electron chi connectivity index (χ2n) is 3.95. The van der Waals surface area contributed by atoms with E-state index >= 15 is 0 Å². The molecule has 0 bridgehead atoms. The zero-order valence-corrected chi connectivity index (χ0v) is 9.91. The lowest BCUT2D eigenvalue weighted by Gasteiger charge is -2.02. The van der Waals surface area contributed by atoms with E-state index < -0.39 is 4.92 Å². The van der Waals surface area contributed by atoms with Gasteiger partial charge in [-0.1, -0.05) is 19.0 Å². The van der Waals surface area contributed by atoms with E-state index in [0.29, 0.717) is 18.4 Å². The molecule has 0 unspecified atom stereocenters. The first-order valence-corrected chi connectivity index (χ1v) is 5.37. The van der Waals surface area contributed by atoms with Crippen LogP contribution in [0.15, 0.2) is 21.1 Å². The maximum absolute atomic E-state index is 10.5. The second kappa shape index (κ2) is 4.96. The minimum Gasteiger partial charge on any atom is -0.395 e. The number of nitro groups is 1. The minimum absolute atomic E-state index is 0.128. The summed E-state index contributed by atoms with van der Waals surface area (Å²) < 4.78 is 9.91. The van der Waals surface area contributed by atoms with Gasteiger partial charge in [0.2, 0.25) is 0 Å². The standard InChI is InChI=1S/C10H12N4O4/c1-6(2)11-5-8-12-10(18-13-8)7-3-4-9(17-7)14(15)16/h3-4,6,11H,5H2,1-2H3. The fourth-order valence-corrected chi connectivity index (χ4v) is 1.26. The molecular formula is C10H12N4O4. The summed E-state index contributed by atoms with van der Waals surface area (Å²) in [5.74, 6) is 0.427. The minimum atomic E-state index is -0.624. The molecule has 0 amide bonds. The highest BCUT2D eigenvalue weighted by molar-refractivity contribution is 5.46. The third kappa shape index (κ3) is 2.72. The maximum atomic E-state index is 10.5.